The fourth-order valence-corrected chi connectivity index (χ4v) is 3.33. The van der Waals surface area contributed by atoms with Crippen LogP contribution >= 0.6 is 31.9 Å². The van der Waals surface area contributed by atoms with Crippen molar-refractivity contribution in [2.75, 3.05) is 0 Å². The maximum absolute atomic E-state index is 14.8. The molecule has 0 radical (unpaired) electrons. The summed E-state index contributed by atoms with van der Waals surface area (Å²) in [5.74, 6) is 0.501. The second-order valence-electron chi connectivity index (χ2n) is 4.67. The third-order valence-corrected chi connectivity index (χ3v) is 4.50. The molecule has 0 N–H and O–H groups in total. The van der Waals surface area contributed by atoms with E-state index < -0.39 is 0 Å². The highest BCUT2D eigenvalue weighted by Crippen LogP contribution is 2.42. The van der Waals surface area contributed by atoms with E-state index in [1.807, 2.05) is 34.9 Å². The van der Waals surface area contributed by atoms with Gasteiger partial charge in [-0.1, -0.05) is 31.9 Å². The van der Waals surface area contributed by atoms with Crippen LogP contribution in [0, 0.1) is 5.82 Å². The highest BCUT2D eigenvalue weighted by molar-refractivity contribution is 9.10. The number of ether oxygens (including phenoxy) is 1. The van der Waals surface area contributed by atoms with Crippen molar-refractivity contribution in [2.45, 2.75) is 6.73 Å². The number of rotatable bonds is 0. The molecular weight excluding hydrogens is 389 g/mol. The number of aromatic nitrogens is 1. The monoisotopic (exact) mass is 395 g/mol. The Morgan fingerprint density at radius 3 is 2.65 bits per heavy atom. The Morgan fingerprint density at radius 2 is 1.80 bits per heavy atom. The predicted octanol–water partition coefficient (Wildman–Crippen LogP) is 5.32. The number of hydrogen-bond acceptors (Lipinski definition) is 1. The van der Waals surface area contributed by atoms with Gasteiger partial charge in [-0.05, 0) is 36.4 Å². The van der Waals surface area contributed by atoms with Crippen LogP contribution in [0.1, 0.15) is 0 Å². The number of nitrogens with zero attached hydrogens (tertiary/aromatic N) is 1. The van der Waals surface area contributed by atoms with Crippen LogP contribution < -0.4 is 4.74 Å². The van der Waals surface area contributed by atoms with Gasteiger partial charge in [0.25, 0.3) is 0 Å². The van der Waals surface area contributed by atoms with Crippen molar-refractivity contribution in [1.82, 2.24) is 4.57 Å². The van der Waals surface area contributed by atoms with Crippen LogP contribution in [-0.2, 0) is 6.73 Å². The van der Waals surface area contributed by atoms with E-state index >= 15 is 0 Å². The first-order valence-electron chi connectivity index (χ1n) is 6.05. The van der Waals surface area contributed by atoms with Crippen molar-refractivity contribution in [1.29, 1.82) is 0 Å². The third-order valence-electron chi connectivity index (χ3n) is 3.51. The summed E-state index contributed by atoms with van der Waals surface area (Å²) in [7, 11) is 0. The molecule has 0 saturated carbocycles. The number of halogens is 3. The van der Waals surface area contributed by atoms with E-state index in [1.54, 1.807) is 6.07 Å². The van der Waals surface area contributed by atoms with Crippen molar-refractivity contribution in [3.63, 3.8) is 0 Å². The van der Waals surface area contributed by atoms with Crippen LogP contribution in [0.2, 0.25) is 0 Å². The average Bonchev–Trinajstić information content (AvgIpc) is 2.72. The van der Waals surface area contributed by atoms with Crippen molar-refractivity contribution < 1.29 is 9.13 Å². The zero-order valence-electron chi connectivity index (χ0n) is 10.2. The van der Waals surface area contributed by atoms with Gasteiger partial charge in [0.15, 0.2) is 12.5 Å². The van der Waals surface area contributed by atoms with Gasteiger partial charge < -0.3 is 9.30 Å². The molecule has 100 valence electrons. The molecular formula is C15H8Br2FNO. The molecule has 2 nitrogen and oxygen atoms in total. The van der Waals surface area contributed by atoms with Gasteiger partial charge in [0.05, 0.1) is 11.2 Å². The topological polar surface area (TPSA) is 14.2 Å². The van der Waals surface area contributed by atoms with Gasteiger partial charge in [0.1, 0.15) is 5.75 Å². The molecule has 1 aliphatic heterocycles. The number of fused-ring (bicyclic) bond motifs is 5. The molecule has 0 bridgehead atoms. The lowest BCUT2D eigenvalue weighted by atomic mass is 10.1. The van der Waals surface area contributed by atoms with Gasteiger partial charge in [0, 0.05) is 19.9 Å². The lowest BCUT2D eigenvalue weighted by Crippen LogP contribution is -2.12. The molecule has 0 spiro atoms. The van der Waals surface area contributed by atoms with Gasteiger partial charge in [-0.3, -0.25) is 0 Å². The Kier molecular flexibility index (Phi) is 2.69. The molecule has 0 atom stereocenters. The van der Waals surface area contributed by atoms with Crippen LogP contribution in [0.4, 0.5) is 4.39 Å². The maximum Gasteiger partial charge on any atom is 0.165 e. The zero-order valence-corrected chi connectivity index (χ0v) is 13.3. The van der Waals surface area contributed by atoms with E-state index in [1.165, 1.54) is 0 Å². The van der Waals surface area contributed by atoms with E-state index in [4.69, 9.17) is 4.74 Å². The highest BCUT2D eigenvalue weighted by atomic mass is 79.9. The SMILES string of the molecule is Fc1c2n(c3ccc(Br)cc13)COc1cc(Br)ccc1-2. The summed E-state index contributed by atoms with van der Waals surface area (Å²) in [4.78, 5) is 0. The van der Waals surface area contributed by atoms with Crippen LogP contribution in [0.5, 0.6) is 5.75 Å². The van der Waals surface area contributed by atoms with Crippen molar-refractivity contribution in [2.24, 2.45) is 0 Å². The van der Waals surface area contributed by atoms with Crippen LogP contribution in [0.25, 0.3) is 22.2 Å². The van der Waals surface area contributed by atoms with E-state index in [0.29, 0.717) is 23.6 Å². The molecule has 0 aliphatic carbocycles. The Hall–Kier alpha value is -1.33. The van der Waals surface area contributed by atoms with Gasteiger partial charge in [-0.15, -0.1) is 0 Å². The minimum Gasteiger partial charge on any atom is -0.472 e. The summed E-state index contributed by atoms with van der Waals surface area (Å²) < 4.78 is 24.2. The first-order valence-corrected chi connectivity index (χ1v) is 7.64. The van der Waals surface area contributed by atoms with Gasteiger partial charge in [0.2, 0.25) is 0 Å². The van der Waals surface area contributed by atoms with E-state index in [0.717, 1.165) is 20.0 Å². The lowest BCUT2D eigenvalue weighted by molar-refractivity contribution is 0.234. The minimum atomic E-state index is -0.201. The number of hydrogen-bond donors (Lipinski definition) is 0. The van der Waals surface area contributed by atoms with Crippen molar-refractivity contribution in [3.8, 4) is 17.0 Å². The maximum atomic E-state index is 14.8. The van der Waals surface area contributed by atoms with Crippen LogP contribution in [-0.4, -0.2) is 4.57 Å². The molecule has 3 aromatic rings. The molecule has 0 unspecified atom stereocenters. The number of benzene rings is 2. The highest BCUT2D eigenvalue weighted by Gasteiger charge is 2.25. The molecule has 2 heterocycles. The Morgan fingerprint density at radius 1 is 1.05 bits per heavy atom. The van der Waals surface area contributed by atoms with Crippen LogP contribution in [0.3, 0.4) is 0 Å². The summed E-state index contributed by atoms with van der Waals surface area (Å²) in [5, 5.41) is 0.605. The van der Waals surface area contributed by atoms with Crippen molar-refractivity contribution >= 4 is 42.8 Å². The molecule has 1 aromatic heterocycles. The van der Waals surface area contributed by atoms with Crippen LogP contribution in [0.15, 0.2) is 45.3 Å². The summed E-state index contributed by atoms with van der Waals surface area (Å²) in [6, 6.07) is 11.2. The molecule has 0 saturated heterocycles. The first kappa shape index (κ1) is 12.4. The summed E-state index contributed by atoms with van der Waals surface area (Å²) in [5.41, 5.74) is 2.21. The van der Waals surface area contributed by atoms with E-state index in [9.17, 15) is 4.39 Å². The average molecular weight is 397 g/mol. The van der Waals surface area contributed by atoms with Gasteiger partial charge in [-0.2, -0.15) is 0 Å². The molecule has 5 heteroatoms. The molecule has 20 heavy (non-hydrogen) atoms. The molecule has 4 rings (SSSR count). The summed E-state index contributed by atoms with van der Waals surface area (Å²) >= 11 is 6.79. The Bertz CT molecular complexity index is 857. The first-order chi connectivity index (χ1) is 9.65. The fourth-order valence-electron chi connectivity index (χ4n) is 2.63. The van der Waals surface area contributed by atoms with E-state index in [-0.39, 0.29) is 5.82 Å². The zero-order chi connectivity index (χ0) is 13.9. The van der Waals surface area contributed by atoms with Gasteiger partial charge in [-0.25, -0.2) is 4.39 Å². The largest absolute Gasteiger partial charge is 0.472 e. The lowest BCUT2D eigenvalue weighted by Gasteiger charge is -2.21. The van der Waals surface area contributed by atoms with Gasteiger partial charge >= 0.3 is 0 Å². The molecule has 0 amide bonds. The summed E-state index contributed by atoms with van der Waals surface area (Å²) in [6.45, 7) is 0.320. The minimum absolute atomic E-state index is 0.201. The smallest absolute Gasteiger partial charge is 0.165 e. The Labute approximate surface area is 131 Å². The quantitative estimate of drug-likeness (QED) is 0.501. The fraction of sp³-hybridized carbons (Fsp3) is 0.0667. The molecule has 2 aromatic carbocycles. The normalized spacial score (nSPS) is 12.9. The third kappa shape index (κ3) is 1.66. The molecule has 0 fully saturated rings. The molecule has 1 aliphatic rings. The Balaban J connectivity index is 2.10. The standard InChI is InChI=1S/C15H8Br2FNO/c16-8-2-4-12-11(5-8)14(18)15-10-3-1-9(17)6-13(10)20-7-19(12)15/h1-6H,7H2. The van der Waals surface area contributed by atoms with Crippen molar-refractivity contribution in [3.05, 3.63) is 51.2 Å². The second kappa shape index (κ2) is 4.33. The van der Waals surface area contributed by atoms with E-state index in [2.05, 4.69) is 31.9 Å². The predicted molar refractivity (Wildman–Crippen MR) is 83.4 cm³/mol. The second-order valence-corrected chi connectivity index (χ2v) is 6.50. The summed E-state index contributed by atoms with van der Waals surface area (Å²) in [6.07, 6.45) is 0.